The molecular weight excluding hydrogens is 335 g/mol. The van der Waals surface area contributed by atoms with Gasteiger partial charge in [0.25, 0.3) is 0 Å². The molecule has 0 aromatic heterocycles. The number of ether oxygens (including phenoxy) is 2. The minimum atomic E-state index is -0.971. The van der Waals surface area contributed by atoms with Crippen molar-refractivity contribution in [3.63, 3.8) is 0 Å². The average Bonchev–Trinajstić information content (AvgIpc) is 2.86. The van der Waals surface area contributed by atoms with E-state index < -0.39 is 11.4 Å². The van der Waals surface area contributed by atoms with Gasteiger partial charge in [-0.2, -0.15) is 0 Å². The molecule has 26 heavy (non-hydrogen) atoms. The number of carbonyl (C=O) groups is 1. The smallest absolute Gasteiger partial charge is 0.313 e. The molecule has 0 radical (unpaired) electrons. The Kier molecular flexibility index (Phi) is 4.42. The molecule has 0 amide bonds. The molecule has 1 N–H and O–H groups in total. The molecule has 5 heteroatoms. The van der Waals surface area contributed by atoms with Crippen LogP contribution in [0.4, 0.5) is 4.39 Å². The highest BCUT2D eigenvalue weighted by Gasteiger charge is 2.32. The average molecular weight is 358 g/mol. The molecule has 2 aromatic carbocycles. The third-order valence-electron chi connectivity index (χ3n) is 4.71. The first kappa shape index (κ1) is 18.2. The Balaban J connectivity index is 1.76. The lowest BCUT2D eigenvalue weighted by Crippen LogP contribution is -2.28. The normalized spacial score (nSPS) is 15.3. The van der Waals surface area contributed by atoms with Gasteiger partial charge in [-0.3, -0.25) is 4.79 Å². The number of hydrogen-bond donors (Lipinski definition) is 1. The second kappa shape index (κ2) is 6.31. The highest BCUT2D eigenvalue weighted by atomic mass is 19.1. The Bertz CT molecular complexity index is 838. The van der Waals surface area contributed by atoms with Gasteiger partial charge in [-0.15, -0.1) is 0 Å². The molecule has 0 atom stereocenters. The number of benzene rings is 2. The lowest BCUT2D eigenvalue weighted by molar-refractivity contribution is -0.142. The fourth-order valence-corrected chi connectivity index (χ4v) is 3.10. The third kappa shape index (κ3) is 3.52. The summed E-state index contributed by atoms with van der Waals surface area (Å²) in [5, 5.41) is 9.29. The predicted molar refractivity (Wildman–Crippen MR) is 96.2 cm³/mol. The maximum absolute atomic E-state index is 13.9. The van der Waals surface area contributed by atoms with Crippen molar-refractivity contribution in [2.75, 3.05) is 0 Å². The summed E-state index contributed by atoms with van der Waals surface area (Å²) in [4.78, 5) is 11.3. The standard InChI is InChI=1S/C21H23FO4/c1-20(2)11-13-9-16(22)10-14(18(13)26-20)12-25-17-7-5-15(6-8-17)21(3,4)19(23)24/h5-10H,11-12H2,1-4H3,(H,23,24). The Morgan fingerprint density at radius 1 is 1.27 bits per heavy atom. The van der Waals surface area contributed by atoms with E-state index in [-0.39, 0.29) is 18.0 Å². The van der Waals surface area contributed by atoms with Crippen LogP contribution in [0.5, 0.6) is 11.5 Å². The molecule has 0 fully saturated rings. The molecule has 1 aliphatic rings. The van der Waals surface area contributed by atoms with Gasteiger partial charge in [-0.05, 0) is 57.5 Å². The van der Waals surface area contributed by atoms with Crippen molar-refractivity contribution < 1.29 is 23.8 Å². The predicted octanol–water partition coefficient (Wildman–Crippen LogP) is 4.48. The largest absolute Gasteiger partial charge is 0.489 e. The lowest BCUT2D eigenvalue weighted by atomic mass is 9.85. The lowest BCUT2D eigenvalue weighted by Gasteiger charge is -2.20. The second-order valence-corrected chi connectivity index (χ2v) is 7.83. The maximum atomic E-state index is 13.9. The Morgan fingerprint density at radius 2 is 1.92 bits per heavy atom. The van der Waals surface area contributed by atoms with Gasteiger partial charge in [-0.25, -0.2) is 4.39 Å². The molecule has 0 spiro atoms. The molecule has 1 aliphatic heterocycles. The monoisotopic (exact) mass is 358 g/mol. The summed E-state index contributed by atoms with van der Waals surface area (Å²) in [5.74, 6) is 0.0914. The second-order valence-electron chi connectivity index (χ2n) is 7.83. The van der Waals surface area contributed by atoms with E-state index in [1.54, 1.807) is 38.1 Å². The van der Waals surface area contributed by atoms with E-state index in [0.717, 1.165) is 5.56 Å². The van der Waals surface area contributed by atoms with Crippen LogP contribution in [0.25, 0.3) is 0 Å². The van der Waals surface area contributed by atoms with Gasteiger partial charge in [0.05, 0.1) is 5.41 Å². The minimum absolute atomic E-state index is 0.178. The summed E-state index contributed by atoms with van der Waals surface area (Å²) in [6.07, 6.45) is 0.659. The molecule has 2 aromatic rings. The highest BCUT2D eigenvalue weighted by Crippen LogP contribution is 2.38. The van der Waals surface area contributed by atoms with Gasteiger partial charge >= 0.3 is 5.97 Å². The van der Waals surface area contributed by atoms with E-state index in [1.807, 2.05) is 13.8 Å². The van der Waals surface area contributed by atoms with E-state index in [0.29, 0.717) is 29.0 Å². The molecule has 1 heterocycles. The third-order valence-corrected chi connectivity index (χ3v) is 4.71. The van der Waals surface area contributed by atoms with Crippen molar-refractivity contribution in [2.24, 2.45) is 0 Å². The van der Waals surface area contributed by atoms with Crippen LogP contribution in [-0.2, 0) is 23.2 Å². The number of carboxylic acids is 1. The van der Waals surface area contributed by atoms with Crippen LogP contribution in [0, 0.1) is 5.82 Å². The number of carboxylic acid groups (broad SMARTS) is 1. The van der Waals surface area contributed by atoms with Crippen molar-refractivity contribution in [3.8, 4) is 11.5 Å². The fourth-order valence-electron chi connectivity index (χ4n) is 3.10. The number of rotatable bonds is 5. The van der Waals surface area contributed by atoms with Gasteiger partial charge in [0.1, 0.15) is 29.5 Å². The molecular formula is C21H23FO4. The minimum Gasteiger partial charge on any atom is -0.489 e. The molecule has 0 unspecified atom stereocenters. The summed E-state index contributed by atoms with van der Waals surface area (Å²) in [7, 11) is 0. The number of hydrogen-bond acceptors (Lipinski definition) is 3. The zero-order valence-corrected chi connectivity index (χ0v) is 15.4. The molecule has 138 valence electrons. The van der Waals surface area contributed by atoms with Gasteiger partial charge in [0.2, 0.25) is 0 Å². The van der Waals surface area contributed by atoms with Crippen LogP contribution in [0.2, 0.25) is 0 Å². The molecule has 0 saturated carbocycles. The van der Waals surface area contributed by atoms with E-state index in [1.165, 1.54) is 12.1 Å². The van der Waals surface area contributed by atoms with Crippen LogP contribution in [0.1, 0.15) is 44.4 Å². The van der Waals surface area contributed by atoms with Gasteiger partial charge in [-0.1, -0.05) is 12.1 Å². The fraction of sp³-hybridized carbons (Fsp3) is 0.381. The molecule has 0 aliphatic carbocycles. The summed E-state index contributed by atoms with van der Waals surface area (Å²) < 4.78 is 25.6. The van der Waals surface area contributed by atoms with Crippen LogP contribution >= 0.6 is 0 Å². The van der Waals surface area contributed by atoms with Crippen molar-refractivity contribution in [3.05, 3.63) is 58.9 Å². The topological polar surface area (TPSA) is 55.8 Å². The van der Waals surface area contributed by atoms with Crippen molar-refractivity contribution in [1.29, 1.82) is 0 Å². The Morgan fingerprint density at radius 3 is 2.54 bits per heavy atom. The van der Waals surface area contributed by atoms with Gasteiger partial charge in [0, 0.05) is 17.5 Å². The van der Waals surface area contributed by atoms with Crippen LogP contribution < -0.4 is 9.47 Å². The van der Waals surface area contributed by atoms with E-state index in [2.05, 4.69) is 0 Å². The van der Waals surface area contributed by atoms with Crippen LogP contribution in [-0.4, -0.2) is 16.7 Å². The first-order chi connectivity index (χ1) is 12.1. The summed E-state index contributed by atoms with van der Waals surface area (Å²) in [6.45, 7) is 7.43. The molecule has 0 saturated heterocycles. The zero-order valence-electron chi connectivity index (χ0n) is 15.4. The maximum Gasteiger partial charge on any atom is 0.313 e. The number of aliphatic carboxylic acids is 1. The number of halogens is 1. The first-order valence-electron chi connectivity index (χ1n) is 8.55. The Labute approximate surface area is 152 Å². The number of fused-ring (bicyclic) bond motifs is 1. The van der Waals surface area contributed by atoms with Crippen molar-refractivity contribution >= 4 is 5.97 Å². The highest BCUT2D eigenvalue weighted by molar-refractivity contribution is 5.80. The zero-order chi connectivity index (χ0) is 19.1. The molecule has 0 bridgehead atoms. The van der Waals surface area contributed by atoms with Gasteiger partial charge in [0.15, 0.2) is 0 Å². The van der Waals surface area contributed by atoms with E-state index in [9.17, 15) is 14.3 Å². The SMILES string of the molecule is CC1(C)Cc2cc(F)cc(COc3ccc(C(C)(C)C(=O)O)cc3)c2O1. The molecule has 4 nitrogen and oxygen atoms in total. The first-order valence-corrected chi connectivity index (χ1v) is 8.55. The van der Waals surface area contributed by atoms with E-state index >= 15 is 0 Å². The summed E-state index contributed by atoms with van der Waals surface area (Å²) >= 11 is 0. The van der Waals surface area contributed by atoms with Crippen molar-refractivity contribution in [1.82, 2.24) is 0 Å². The van der Waals surface area contributed by atoms with Gasteiger partial charge < -0.3 is 14.6 Å². The van der Waals surface area contributed by atoms with E-state index in [4.69, 9.17) is 9.47 Å². The quantitative estimate of drug-likeness (QED) is 0.856. The Hall–Kier alpha value is -2.56. The van der Waals surface area contributed by atoms with Crippen LogP contribution in [0.3, 0.4) is 0 Å². The summed E-state index contributed by atoms with van der Waals surface area (Å²) in [5.41, 5.74) is 0.887. The van der Waals surface area contributed by atoms with Crippen molar-refractivity contribution in [2.45, 2.75) is 51.7 Å². The van der Waals surface area contributed by atoms with Crippen LogP contribution in [0.15, 0.2) is 36.4 Å². The summed E-state index contributed by atoms with van der Waals surface area (Å²) in [6, 6.07) is 9.87. The molecule has 3 rings (SSSR count).